The highest BCUT2D eigenvalue weighted by molar-refractivity contribution is 8.02. The molecule has 3 aromatic rings. The second-order valence-corrected chi connectivity index (χ2v) is 6.71. The fourth-order valence-corrected chi connectivity index (χ4v) is 3.48. The Kier molecular flexibility index (Phi) is 6.22. The van der Waals surface area contributed by atoms with Crippen molar-refractivity contribution in [3.63, 3.8) is 0 Å². The quantitative estimate of drug-likeness (QED) is 0.370. The van der Waals surface area contributed by atoms with Gasteiger partial charge < -0.3 is 4.74 Å². The average molecular weight is 354 g/mol. The molecule has 0 spiro atoms. The van der Waals surface area contributed by atoms with Crippen LogP contribution >= 0.6 is 23.4 Å². The van der Waals surface area contributed by atoms with Gasteiger partial charge in [-0.3, -0.25) is 0 Å². The van der Waals surface area contributed by atoms with Gasteiger partial charge >= 0.3 is 0 Å². The summed E-state index contributed by atoms with van der Waals surface area (Å²) in [4.78, 5) is 1.19. The summed E-state index contributed by atoms with van der Waals surface area (Å²) >= 11 is 7.85. The normalized spacial score (nSPS) is 10.8. The van der Waals surface area contributed by atoms with Crippen LogP contribution in [0.1, 0.15) is 11.1 Å². The minimum atomic E-state index is 0.490. The van der Waals surface area contributed by atoms with E-state index in [9.17, 15) is 0 Å². The van der Waals surface area contributed by atoms with Gasteiger partial charge in [0.15, 0.2) is 0 Å². The Bertz CT molecular complexity index is 729. The van der Waals surface area contributed by atoms with Crippen LogP contribution in [-0.4, -0.2) is 5.88 Å². The molecule has 24 heavy (non-hydrogen) atoms. The van der Waals surface area contributed by atoms with Gasteiger partial charge in [0.05, 0.1) is 5.25 Å². The van der Waals surface area contributed by atoms with Crippen LogP contribution in [0.2, 0.25) is 0 Å². The van der Waals surface area contributed by atoms with Gasteiger partial charge in [-0.05, 0) is 35.4 Å². The number of ether oxygens (including phenoxy) is 1. The molecule has 0 heterocycles. The number of benzene rings is 3. The first kappa shape index (κ1) is 16.9. The van der Waals surface area contributed by atoms with E-state index in [4.69, 9.17) is 16.3 Å². The number of thioether (sulfide) groups is 1. The van der Waals surface area contributed by atoms with Gasteiger partial charge in [-0.1, -0.05) is 60.7 Å². The standard InChI is InChI=1S/C21H18ClOS/c22-15-21(24-20-9-5-2-6-10-20)18-11-13-19(14-12-18)23-16-17-7-3-1-4-8-17/h1-14H,15-16H2. The molecule has 0 aromatic heterocycles. The van der Waals surface area contributed by atoms with Crippen molar-refractivity contribution in [3.05, 3.63) is 101 Å². The third kappa shape index (κ3) is 4.80. The minimum Gasteiger partial charge on any atom is -0.489 e. The summed E-state index contributed by atoms with van der Waals surface area (Å²) in [5.74, 6) is 1.35. The topological polar surface area (TPSA) is 9.23 Å². The number of alkyl halides is 1. The average Bonchev–Trinajstić information content (AvgIpc) is 2.67. The smallest absolute Gasteiger partial charge is 0.119 e. The SMILES string of the molecule is ClC[C](Sc1ccccc1)c1ccc(OCc2ccccc2)cc1. The molecule has 1 radical (unpaired) electrons. The lowest BCUT2D eigenvalue weighted by Crippen LogP contribution is -1.98. The highest BCUT2D eigenvalue weighted by atomic mass is 35.5. The fourth-order valence-electron chi connectivity index (χ4n) is 2.27. The maximum atomic E-state index is 6.14. The van der Waals surface area contributed by atoms with Crippen LogP contribution in [-0.2, 0) is 6.61 Å². The first-order valence-corrected chi connectivity index (χ1v) is 9.12. The van der Waals surface area contributed by atoms with Crippen LogP contribution in [0.5, 0.6) is 5.75 Å². The van der Waals surface area contributed by atoms with E-state index in [1.54, 1.807) is 11.8 Å². The lowest BCUT2D eigenvalue weighted by molar-refractivity contribution is 0.306. The molecule has 0 saturated heterocycles. The maximum Gasteiger partial charge on any atom is 0.119 e. The third-order valence-electron chi connectivity index (χ3n) is 3.53. The van der Waals surface area contributed by atoms with Crippen molar-refractivity contribution in [1.29, 1.82) is 0 Å². The number of hydrogen-bond acceptors (Lipinski definition) is 2. The Morgan fingerprint density at radius 3 is 2.04 bits per heavy atom. The summed E-state index contributed by atoms with van der Waals surface area (Å²) < 4.78 is 5.83. The van der Waals surface area contributed by atoms with Crippen molar-refractivity contribution >= 4 is 23.4 Å². The Hall–Kier alpha value is -1.90. The molecule has 0 amide bonds. The van der Waals surface area contributed by atoms with Gasteiger partial charge in [-0.25, -0.2) is 0 Å². The number of rotatable bonds is 7. The predicted molar refractivity (Wildman–Crippen MR) is 103 cm³/mol. The van der Waals surface area contributed by atoms with Crippen LogP contribution in [0, 0.1) is 5.25 Å². The monoisotopic (exact) mass is 353 g/mol. The third-order valence-corrected chi connectivity index (χ3v) is 5.09. The zero-order valence-electron chi connectivity index (χ0n) is 13.2. The molecule has 0 fully saturated rings. The van der Waals surface area contributed by atoms with Crippen molar-refractivity contribution < 1.29 is 4.74 Å². The molecule has 0 saturated carbocycles. The van der Waals surface area contributed by atoms with Crippen molar-refractivity contribution in [2.45, 2.75) is 11.5 Å². The van der Waals surface area contributed by atoms with Gasteiger partial charge in [-0.2, -0.15) is 0 Å². The molecule has 0 aliphatic rings. The highest BCUT2D eigenvalue weighted by Gasteiger charge is 2.13. The van der Waals surface area contributed by atoms with Gasteiger partial charge in [-0.15, -0.1) is 23.4 Å². The van der Waals surface area contributed by atoms with Crippen molar-refractivity contribution in [3.8, 4) is 5.75 Å². The molecule has 3 aromatic carbocycles. The summed E-state index contributed by atoms with van der Waals surface area (Å²) in [6.07, 6.45) is 0. The molecule has 0 bridgehead atoms. The maximum absolute atomic E-state index is 6.14. The van der Waals surface area contributed by atoms with Gasteiger partial charge in [0, 0.05) is 10.8 Å². The lowest BCUT2D eigenvalue weighted by atomic mass is 10.1. The van der Waals surface area contributed by atoms with E-state index in [0.29, 0.717) is 12.5 Å². The molecule has 0 N–H and O–H groups in total. The molecule has 121 valence electrons. The Labute approximate surface area is 152 Å². The van der Waals surface area contributed by atoms with E-state index in [1.165, 1.54) is 4.90 Å². The zero-order chi connectivity index (χ0) is 16.6. The highest BCUT2D eigenvalue weighted by Crippen LogP contribution is 2.35. The molecular formula is C21H18ClOS. The van der Waals surface area contributed by atoms with Gasteiger partial charge in [0.2, 0.25) is 0 Å². The molecule has 0 atom stereocenters. The summed E-state index contributed by atoms with van der Waals surface area (Å²) in [7, 11) is 0. The molecule has 0 aliphatic heterocycles. The van der Waals surface area contributed by atoms with Crippen molar-refractivity contribution in [2.75, 3.05) is 5.88 Å². The van der Waals surface area contributed by atoms with Crippen molar-refractivity contribution in [1.82, 2.24) is 0 Å². The van der Waals surface area contributed by atoms with E-state index in [0.717, 1.165) is 22.1 Å². The van der Waals surface area contributed by atoms with E-state index < -0.39 is 0 Å². The Morgan fingerprint density at radius 2 is 1.42 bits per heavy atom. The van der Waals surface area contributed by atoms with Gasteiger partial charge in [0.25, 0.3) is 0 Å². The molecular weight excluding hydrogens is 336 g/mol. The molecule has 3 heteroatoms. The zero-order valence-corrected chi connectivity index (χ0v) is 14.8. The van der Waals surface area contributed by atoms with Crippen LogP contribution in [0.4, 0.5) is 0 Å². The first-order valence-electron chi connectivity index (χ1n) is 7.77. The Morgan fingerprint density at radius 1 is 0.792 bits per heavy atom. The lowest BCUT2D eigenvalue weighted by Gasteiger charge is -2.14. The fraction of sp³-hybridized carbons (Fsp3) is 0.0952. The minimum absolute atomic E-state index is 0.490. The molecule has 0 aliphatic carbocycles. The summed E-state index contributed by atoms with van der Waals surface area (Å²) in [6, 6.07) is 28.6. The number of hydrogen-bond donors (Lipinski definition) is 0. The van der Waals surface area contributed by atoms with Gasteiger partial charge in [0.1, 0.15) is 12.4 Å². The van der Waals surface area contributed by atoms with E-state index in [-0.39, 0.29) is 0 Å². The second-order valence-electron chi connectivity index (χ2n) is 5.27. The van der Waals surface area contributed by atoms with E-state index >= 15 is 0 Å². The van der Waals surface area contributed by atoms with Crippen LogP contribution in [0.15, 0.2) is 89.8 Å². The first-order chi connectivity index (χ1) is 11.8. The van der Waals surface area contributed by atoms with Crippen molar-refractivity contribution in [2.24, 2.45) is 0 Å². The number of halogens is 1. The van der Waals surface area contributed by atoms with Crippen LogP contribution < -0.4 is 4.74 Å². The molecule has 1 nitrogen and oxygen atoms in total. The summed E-state index contributed by atoms with van der Waals surface area (Å²) in [5, 5.41) is 1.14. The molecule has 3 rings (SSSR count). The predicted octanol–water partition coefficient (Wildman–Crippen LogP) is 6.18. The molecule has 0 unspecified atom stereocenters. The van der Waals surface area contributed by atoms with Crippen LogP contribution in [0.25, 0.3) is 0 Å². The van der Waals surface area contributed by atoms with Crippen LogP contribution in [0.3, 0.4) is 0 Å². The second kappa shape index (κ2) is 8.81. The van der Waals surface area contributed by atoms with E-state index in [1.807, 2.05) is 48.5 Å². The Balaban J connectivity index is 1.62. The largest absolute Gasteiger partial charge is 0.489 e. The van der Waals surface area contributed by atoms with E-state index in [2.05, 4.69) is 36.4 Å². The summed E-state index contributed by atoms with van der Waals surface area (Å²) in [5.41, 5.74) is 2.29. The summed E-state index contributed by atoms with van der Waals surface area (Å²) in [6.45, 7) is 0.574.